The predicted molar refractivity (Wildman–Crippen MR) is 147 cm³/mol. The van der Waals surface area contributed by atoms with Crippen molar-refractivity contribution in [2.24, 2.45) is 16.8 Å². The lowest BCUT2D eigenvalue weighted by atomic mass is 10.0. The Morgan fingerprint density at radius 2 is 1.98 bits per heavy atom. The van der Waals surface area contributed by atoms with E-state index in [1.807, 2.05) is 6.07 Å². The van der Waals surface area contributed by atoms with E-state index in [1.54, 1.807) is 49.6 Å². The highest BCUT2D eigenvalue weighted by molar-refractivity contribution is 6.01. The number of fused-ring (bicyclic) bond motifs is 1. The normalized spacial score (nSPS) is 12.6. The predicted octanol–water partition coefficient (Wildman–Crippen LogP) is 1.70. The summed E-state index contributed by atoms with van der Waals surface area (Å²) in [5.74, 6) is 11.3. The number of amidine groups is 1. The number of hydrogen-bond donors (Lipinski definition) is 5. The molecule has 0 spiro atoms. The van der Waals surface area contributed by atoms with Gasteiger partial charge in [0.1, 0.15) is 12.2 Å². The second-order valence-electron chi connectivity index (χ2n) is 9.49. The first-order chi connectivity index (χ1) is 19.0. The Kier molecular flexibility index (Phi) is 7.89. The number of aliphatic hydroxyl groups is 1. The summed E-state index contributed by atoms with van der Waals surface area (Å²) in [5, 5.41) is 34.7. The van der Waals surface area contributed by atoms with Crippen LogP contribution in [0.5, 0.6) is 0 Å². The topological polar surface area (TPSA) is 196 Å². The van der Waals surface area contributed by atoms with E-state index in [1.165, 1.54) is 35.9 Å². The van der Waals surface area contributed by atoms with E-state index in [0.29, 0.717) is 45.2 Å². The molecule has 0 aliphatic rings. The molecule has 206 valence electrons. The Bertz CT molecular complexity index is 1600. The number of hydrazine groups is 1. The first kappa shape index (κ1) is 27.9. The molecular formula is C26H28FN11O2. The molecule has 1 aromatic carbocycles. The molecule has 4 aromatic rings. The van der Waals surface area contributed by atoms with E-state index in [2.05, 4.69) is 30.8 Å². The number of alkyl halides is 1. The van der Waals surface area contributed by atoms with Crippen molar-refractivity contribution in [2.75, 3.05) is 18.9 Å². The van der Waals surface area contributed by atoms with Gasteiger partial charge in [-0.2, -0.15) is 20.1 Å². The number of carbonyl (C=O) groups is 1. The van der Waals surface area contributed by atoms with Gasteiger partial charge in [-0.15, -0.1) is 0 Å². The first-order valence-corrected chi connectivity index (χ1v) is 12.0. The van der Waals surface area contributed by atoms with Crippen molar-refractivity contribution in [3.63, 3.8) is 0 Å². The van der Waals surface area contributed by atoms with E-state index < -0.39 is 24.2 Å². The second kappa shape index (κ2) is 11.3. The average Bonchev–Trinajstić information content (AvgIpc) is 3.35. The van der Waals surface area contributed by atoms with Crippen molar-refractivity contribution in [2.45, 2.75) is 25.6 Å². The highest BCUT2D eigenvalue weighted by Gasteiger charge is 2.27. The van der Waals surface area contributed by atoms with Gasteiger partial charge in [-0.1, -0.05) is 0 Å². The molecule has 0 saturated heterocycles. The molecule has 0 aliphatic heterocycles. The van der Waals surface area contributed by atoms with Gasteiger partial charge < -0.3 is 21.6 Å². The number of pyridine rings is 2. The smallest absolute Gasteiger partial charge is 0.255 e. The summed E-state index contributed by atoms with van der Waals surface area (Å²) in [6.45, 7) is 2.24. The summed E-state index contributed by atoms with van der Waals surface area (Å²) in [6, 6.07) is 12.3. The number of nitrogens with two attached hydrogens (primary N) is 2. The molecule has 0 aliphatic carbocycles. The van der Waals surface area contributed by atoms with Crippen LogP contribution in [-0.4, -0.2) is 67.0 Å². The molecule has 1 amide bonds. The van der Waals surface area contributed by atoms with Gasteiger partial charge in [0.25, 0.3) is 5.91 Å². The van der Waals surface area contributed by atoms with Gasteiger partial charge in [-0.25, -0.2) is 20.2 Å². The van der Waals surface area contributed by atoms with Crippen LogP contribution in [0, 0.1) is 11.3 Å². The Balaban J connectivity index is 1.71. The lowest BCUT2D eigenvalue weighted by Gasteiger charge is -2.22. The van der Waals surface area contributed by atoms with Crippen molar-refractivity contribution in [1.82, 2.24) is 30.1 Å². The van der Waals surface area contributed by atoms with Gasteiger partial charge >= 0.3 is 0 Å². The summed E-state index contributed by atoms with van der Waals surface area (Å²) < 4.78 is 15.8. The third kappa shape index (κ3) is 5.96. The summed E-state index contributed by atoms with van der Waals surface area (Å²) in [5.41, 5.74) is 0.961. The number of anilines is 2. The number of hydrogen-bond acceptors (Lipinski definition) is 10. The minimum Gasteiger partial charge on any atom is -0.387 e. The van der Waals surface area contributed by atoms with E-state index in [0.717, 1.165) is 0 Å². The van der Waals surface area contributed by atoms with Crippen LogP contribution >= 0.6 is 0 Å². The van der Waals surface area contributed by atoms with E-state index >= 15 is 0 Å². The van der Waals surface area contributed by atoms with Crippen molar-refractivity contribution in [3.8, 4) is 11.9 Å². The highest BCUT2D eigenvalue weighted by atomic mass is 19.1. The number of nitrogens with zero attached hydrogens (tertiary/aromatic N) is 7. The molecular weight excluding hydrogens is 517 g/mol. The third-order valence-corrected chi connectivity index (χ3v) is 5.98. The van der Waals surface area contributed by atoms with Crippen molar-refractivity contribution in [1.29, 1.82) is 5.26 Å². The number of nitrogens with one attached hydrogen (secondary N) is 2. The van der Waals surface area contributed by atoms with E-state index in [4.69, 9.17) is 16.9 Å². The zero-order chi connectivity index (χ0) is 29.0. The van der Waals surface area contributed by atoms with Crippen molar-refractivity contribution in [3.05, 3.63) is 71.7 Å². The van der Waals surface area contributed by atoms with Gasteiger partial charge in [0.2, 0.25) is 0 Å². The zero-order valence-electron chi connectivity index (χ0n) is 22.0. The summed E-state index contributed by atoms with van der Waals surface area (Å²) >= 11 is 0. The number of hydrazone groups is 1. The van der Waals surface area contributed by atoms with Crippen LogP contribution in [0.2, 0.25) is 0 Å². The molecule has 1 atom stereocenters. The summed E-state index contributed by atoms with van der Waals surface area (Å²) in [4.78, 5) is 21.8. The fourth-order valence-corrected chi connectivity index (χ4v) is 3.75. The molecule has 40 heavy (non-hydrogen) atoms. The Labute approximate surface area is 228 Å². The quantitative estimate of drug-likeness (QED) is 0.0940. The van der Waals surface area contributed by atoms with Crippen LogP contribution in [-0.2, 0) is 0 Å². The summed E-state index contributed by atoms with van der Waals surface area (Å²) in [6.07, 6.45) is 2.63. The molecule has 0 bridgehead atoms. The van der Waals surface area contributed by atoms with Gasteiger partial charge in [-0.05, 0) is 44.2 Å². The van der Waals surface area contributed by atoms with Crippen LogP contribution in [0.4, 0.5) is 15.8 Å². The monoisotopic (exact) mass is 545 g/mol. The zero-order valence-corrected chi connectivity index (χ0v) is 22.0. The fraction of sp³-hybridized carbons (Fsp3) is 0.231. The van der Waals surface area contributed by atoms with Crippen LogP contribution in [0.25, 0.3) is 16.9 Å². The van der Waals surface area contributed by atoms with E-state index in [9.17, 15) is 14.3 Å². The lowest BCUT2D eigenvalue weighted by Crippen LogP contribution is -2.42. The van der Waals surface area contributed by atoms with Gasteiger partial charge in [0.05, 0.1) is 35.2 Å². The fourth-order valence-electron chi connectivity index (χ4n) is 3.75. The number of aromatic nitrogens is 4. The molecule has 7 N–H and O–H groups in total. The number of nitriles is 1. The molecule has 3 heterocycles. The van der Waals surface area contributed by atoms with Crippen molar-refractivity contribution >= 4 is 34.2 Å². The van der Waals surface area contributed by atoms with Crippen molar-refractivity contribution < 1.29 is 14.3 Å². The van der Waals surface area contributed by atoms with Gasteiger partial charge in [0.15, 0.2) is 17.3 Å². The molecule has 0 radical (unpaired) electrons. The van der Waals surface area contributed by atoms with E-state index in [-0.39, 0.29) is 5.56 Å². The largest absolute Gasteiger partial charge is 0.387 e. The molecule has 1 unspecified atom stereocenters. The standard InChI is InChI=1S/C26H28FN11O2/c1-26(2,40)21(27)14-33-25(39)19-13-31-22(38-23-17(12-34-38)8-15(10-28)11-32-23)9-20(19)35-18-6-4-16(5-7-18)24(36-29)37(3)30/h4-9,11-13,21,40H,14,29-30H2,1-3H3,(H,31,35)(H,33,39)/b36-24-. The molecule has 3 aromatic heterocycles. The second-order valence-corrected chi connectivity index (χ2v) is 9.49. The first-order valence-electron chi connectivity index (χ1n) is 12.0. The lowest BCUT2D eigenvalue weighted by molar-refractivity contribution is -0.00177. The van der Waals surface area contributed by atoms with Crippen LogP contribution in [0.1, 0.15) is 35.3 Å². The minimum absolute atomic E-state index is 0.123. The van der Waals surface area contributed by atoms with Crippen LogP contribution < -0.4 is 22.3 Å². The number of halogens is 1. The average molecular weight is 546 g/mol. The Hall–Kier alpha value is -5.13. The van der Waals surface area contributed by atoms with Crippen LogP contribution in [0.15, 0.2) is 60.1 Å². The minimum atomic E-state index is -1.69. The van der Waals surface area contributed by atoms with Gasteiger partial charge in [-0.3, -0.25) is 9.80 Å². The Morgan fingerprint density at radius 3 is 2.60 bits per heavy atom. The van der Waals surface area contributed by atoms with Gasteiger partial charge in [0, 0.05) is 42.1 Å². The molecule has 4 rings (SSSR count). The highest BCUT2D eigenvalue weighted by Crippen LogP contribution is 2.25. The molecule has 0 fully saturated rings. The number of benzene rings is 1. The number of rotatable bonds is 8. The molecule has 13 nitrogen and oxygen atoms in total. The van der Waals surface area contributed by atoms with Crippen LogP contribution in [0.3, 0.4) is 0 Å². The number of carbonyl (C=O) groups excluding carboxylic acids is 1. The Morgan fingerprint density at radius 1 is 1.25 bits per heavy atom. The maximum atomic E-state index is 14.3. The molecule has 0 saturated carbocycles. The molecule has 14 heteroatoms. The number of amides is 1. The third-order valence-electron chi connectivity index (χ3n) is 5.98. The SMILES string of the molecule is CN(N)/C(=N\N)c1ccc(Nc2cc(-n3ncc4cc(C#N)cnc43)ncc2C(=O)NCC(F)C(C)(C)O)cc1. The maximum Gasteiger partial charge on any atom is 0.255 e. The maximum absolute atomic E-state index is 14.3. The summed E-state index contributed by atoms with van der Waals surface area (Å²) in [7, 11) is 1.61.